The van der Waals surface area contributed by atoms with Crippen LogP contribution in [0, 0.1) is 0 Å². The average Bonchev–Trinajstić information content (AvgIpc) is 3.18. The molecule has 0 aromatic carbocycles. The van der Waals surface area contributed by atoms with Crippen LogP contribution in [0.5, 0.6) is 0 Å². The Morgan fingerprint density at radius 3 is 2.94 bits per heavy atom. The molecule has 0 spiro atoms. The van der Waals surface area contributed by atoms with E-state index >= 15 is 0 Å². The van der Waals surface area contributed by atoms with Crippen molar-refractivity contribution < 1.29 is 0 Å². The van der Waals surface area contributed by atoms with Crippen molar-refractivity contribution in [3.05, 3.63) is 45.5 Å². The third-order valence-corrected chi connectivity index (χ3v) is 4.21. The Hall–Kier alpha value is -1.62. The first-order valence-electron chi connectivity index (χ1n) is 5.93. The van der Waals surface area contributed by atoms with Gasteiger partial charge in [0.2, 0.25) is 0 Å². The van der Waals surface area contributed by atoms with E-state index in [2.05, 4.69) is 20.9 Å². The Kier molecular flexibility index (Phi) is 1.97. The zero-order valence-electron chi connectivity index (χ0n) is 9.51. The van der Waals surface area contributed by atoms with Gasteiger partial charge >= 0.3 is 0 Å². The van der Waals surface area contributed by atoms with Gasteiger partial charge in [-0.2, -0.15) is 0 Å². The Labute approximate surface area is 111 Å². The van der Waals surface area contributed by atoms with E-state index in [1.807, 2.05) is 33.5 Å². The van der Waals surface area contributed by atoms with E-state index in [4.69, 9.17) is 0 Å². The predicted molar refractivity (Wildman–Crippen MR) is 72.9 cm³/mol. The fraction of sp³-hybridized carbons (Fsp3) is 0.231. The molecule has 3 heterocycles. The Morgan fingerprint density at radius 2 is 2.17 bits per heavy atom. The summed E-state index contributed by atoms with van der Waals surface area (Å²) in [5, 5.41) is 0. The van der Waals surface area contributed by atoms with Gasteiger partial charge in [0.05, 0.1) is 9.99 Å². The number of hydrogen-bond donors (Lipinski definition) is 0. The molecular formula is C13H10BrN3O. The molecule has 5 heteroatoms. The molecular weight excluding hydrogens is 294 g/mol. The second kappa shape index (κ2) is 3.45. The molecule has 4 rings (SSSR count). The van der Waals surface area contributed by atoms with E-state index in [-0.39, 0.29) is 5.56 Å². The first-order chi connectivity index (χ1) is 8.77. The summed E-state index contributed by atoms with van der Waals surface area (Å²) in [6.07, 6.45) is 7.78. The number of pyridine rings is 1. The van der Waals surface area contributed by atoms with Gasteiger partial charge in [0.25, 0.3) is 5.56 Å². The van der Waals surface area contributed by atoms with Crippen LogP contribution in [0.3, 0.4) is 0 Å². The maximum atomic E-state index is 12.5. The Bertz CT molecular complexity index is 829. The second-order valence-electron chi connectivity index (χ2n) is 4.65. The summed E-state index contributed by atoms with van der Waals surface area (Å²) in [6.45, 7) is 0. The number of rotatable bonds is 1. The van der Waals surface area contributed by atoms with Crippen molar-refractivity contribution >= 4 is 32.5 Å². The molecule has 0 N–H and O–H groups in total. The topological polar surface area (TPSA) is 39.3 Å². The van der Waals surface area contributed by atoms with Gasteiger partial charge in [-0.1, -0.05) is 0 Å². The zero-order valence-corrected chi connectivity index (χ0v) is 11.1. The predicted octanol–water partition coefficient (Wildman–Crippen LogP) is 2.75. The average molecular weight is 304 g/mol. The highest BCUT2D eigenvalue weighted by Crippen LogP contribution is 2.34. The largest absolute Gasteiger partial charge is 0.309 e. The van der Waals surface area contributed by atoms with Gasteiger partial charge in [0.1, 0.15) is 11.0 Å². The van der Waals surface area contributed by atoms with Crippen LogP contribution in [0.1, 0.15) is 18.9 Å². The number of hydrogen-bond acceptors (Lipinski definition) is 2. The van der Waals surface area contributed by atoms with Crippen LogP contribution in [0.15, 0.2) is 40.0 Å². The van der Waals surface area contributed by atoms with Crippen LogP contribution < -0.4 is 5.56 Å². The van der Waals surface area contributed by atoms with Crippen LogP contribution in [-0.2, 0) is 0 Å². The van der Waals surface area contributed by atoms with Gasteiger partial charge in [-0.05, 0) is 40.9 Å². The van der Waals surface area contributed by atoms with Gasteiger partial charge in [0, 0.05) is 24.6 Å². The van der Waals surface area contributed by atoms with Crippen LogP contribution in [0.25, 0.3) is 16.6 Å². The Morgan fingerprint density at radius 1 is 1.33 bits per heavy atom. The van der Waals surface area contributed by atoms with E-state index in [0.29, 0.717) is 11.6 Å². The zero-order chi connectivity index (χ0) is 12.3. The summed E-state index contributed by atoms with van der Waals surface area (Å²) in [7, 11) is 0. The fourth-order valence-corrected chi connectivity index (χ4v) is 3.09. The molecule has 0 amide bonds. The van der Waals surface area contributed by atoms with E-state index in [1.165, 1.54) is 0 Å². The number of fused-ring (bicyclic) bond motifs is 3. The molecule has 3 aromatic rings. The van der Waals surface area contributed by atoms with E-state index in [0.717, 1.165) is 28.3 Å². The first-order valence-corrected chi connectivity index (χ1v) is 6.72. The monoisotopic (exact) mass is 303 g/mol. The summed E-state index contributed by atoms with van der Waals surface area (Å²) in [5.41, 5.74) is 2.53. The molecule has 0 radical (unpaired) electrons. The van der Waals surface area contributed by atoms with E-state index < -0.39 is 0 Å². The minimum Gasteiger partial charge on any atom is -0.309 e. The van der Waals surface area contributed by atoms with Crippen LogP contribution in [-0.4, -0.2) is 14.0 Å². The molecule has 0 aliphatic heterocycles. The molecule has 4 nitrogen and oxygen atoms in total. The molecule has 18 heavy (non-hydrogen) atoms. The maximum Gasteiger partial charge on any atom is 0.276 e. The molecule has 1 aliphatic carbocycles. The van der Waals surface area contributed by atoms with E-state index in [1.54, 1.807) is 6.20 Å². The summed E-state index contributed by atoms with van der Waals surface area (Å²) >= 11 is 3.51. The molecule has 1 fully saturated rings. The highest BCUT2D eigenvalue weighted by atomic mass is 79.9. The van der Waals surface area contributed by atoms with Crippen molar-refractivity contribution in [2.24, 2.45) is 0 Å². The van der Waals surface area contributed by atoms with Gasteiger partial charge in [-0.3, -0.25) is 9.78 Å². The molecule has 0 unspecified atom stereocenters. The standard InChI is InChI=1S/C13H10BrN3O/c14-10-11-9(2-1-5-15-11)17-7-6-16(8-3-4-8)13(18)12(10)17/h1-2,5-8H,3-4H2. The van der Waals surface area contributed by atoms with Crippen LogP contribution >= 0.6 is 15.9 Å². The maximum absolute atomic E-state index is 12.5. The fourth-order valence-electron chi connectivity index (χ4n) is 2.42. The first kappa shape index (κ1) is 10.3. The molecule has 0 bridgehead atoms. The minimum atomic E-state index is 0.0601. The summed E-state index contributed by atoms with van der Waals surface area (Å²) < 4.78 is 4.53. The highest BCUT2D eigenvalue weighted by molar-refractivity contribution is 9.10. The van der Waals surface area contributed by atoms with Gasteiger partial charge < -0.3 is 8.97 Å². The van der Waals surface area contributed by atoms with Crippen molar-refractivity contribution in [2.45, 2.75) is 18.9 Å². The lowest BCUT2D eigenvalue weighted by atomic mass is 10.4. The van der Waals surface area contributed by atoms with Crippen molar-refractivity contribution in [2.75, 3.05) is 0 Å². The summed E-state index contributed by atoms with van der Waals surface area (Å²) in [6, 6.07) is 4.25. The molecule has 0 saturated heterocycles. The second-order valence-corrected chi connectivity index (χ2v) is 5.44. The quantitative estimate of drug-likeness (QED) is 0.693. The SMILES string of the molecule is O=c1c2c(Br)c3ncccc3n2ccn1C1CC1. The lowest BCUT2D eigenvalue weighted by Gasteiger charge is -2.04. The van der Waals surface area contributed by atoms with Crippen molar-refractivity contribution in [3.63, 3.8) is 0 Å². The number of halogens is 1. The molecule has 90 valence electrons. The van der Waals surface area contributed by atoms with E-state index in [9.17, 15) is 4.79 Å². The summed E-state index contributed by atoms with van der Waals surface area (Å²) in [4.78, 5) is 16.8. The normalized spacial score (nSPS) is 15.6. The van der Waals surface area contributed by atoms with Crippen LogP contribution in [0.4, 0.5) is 0 Å². The smallest absolute Gasteiger partial charge is 0.276 e. The minimum absolute atomic E-state index is 0.0601. The molecule has 3 aromatic heterocycles. The van der Waals surface area contributed by atoms with Crippen molar-refractivity contribution in [1.82, 2.24) is 14.0 Å². The summed E-state index contributed by atoms with van der Waals surface area (Å²) in [5.74, 6) is 0. The third-order valence-electron chi connectivity index (χ3n) is 3.46. The molecule has 0 atom stereocenters. The van der Waals surface area contributed by atoms with Gasteiger partial charge in [-0.15, -0.1) is 0 Å². The highest BCUT2D eigenvalue weighted by Gasteiger charge is 2.26. The lowest BCUT2D eigenvalue weighted by Crippen LogP contribution is -2.20. The number of nitrogens with zero attached hydrogens (tertiary/aromatic N) is 3. The van der Waals surface area contributed by atoms with Gasteiger partial charge in [0.15, 0.2) is 0 Å². The number of aromatic nitrogens is 3. The van der Waals surface area contributed by atoms with Crippen molar-refractivity contribution in [3.8, 4) is 0 Å². The molecule has 1 saturated carbocycles. The lowest BCUT2D eigenvalue weighted by molar-refractivity contribution is 0.704. The van der Waals surface area contributed by atoms with Crippen molar-refractivity contribution in [1.29, 1.82) is 0 Å². The van der Waals surface area contributed by atoms with Gasteiger partial charge in [-0.25, -0.2) is 0 Å². The van der Waals surface area contributed by atoms with Crippen LogP contribution in [0.2, 0.25) is 0 Å². The molecule has 1 aliphatic rings. The Balaban J connectivity index is 2.22. The third kappa shape index (κ3) is 1.25.